The molecule has 0 bridgehead atoms. The zero-order chi connectivity index (χ0) is 11.5. The molecule has 0 spiro atoms. The van der Waals surface area contributed by atoms with Crippen molar-refractivity contribution in [1.29, 1.82) is 0 Å². The second-order valence-electron chi connectivity index (χ2n) is 4.44. The van der Waals surface area contributed by atoms with Crippen LogP contribution in [0.1, 0.15) is 45.6 Å². The van der Waals surface area contributed by atoms with E-state index in [2.05, 4.69) is 48.7 Å². The molecule has 0 aliphatic carbocycles. The van der Waals surface area contributed by atoms with Gasteiger partial charge in [-0.25, -0.2) is 0 Å². The lowest BCUT2D eigenvalue weighted by Gasteiger charge is -2.24. The van der Waals surface area contributed by atoms with Gasteiger partial charge in [0, 0.05) is 0 Å². The van der Waals surface area contributed by atoms with E-state index < -0.39 is 0 Å². The SMILES string of the molecule is CCCCC(C)(C)c1csc(OC)c1I. The Kier molecular flexibility index (Phi) is 4.90. The standard InChI is InChI=1S/C12H19IOS/c1-5-6-7-12(2,3)9-8-15-11(14-4)10(9)13/h8H,5-7H2,1-4H3. The molecule has 0 aromatic carbocycles. The average Bonchev–Trinajstić information content (AvgIpc) is 2.57. The van der Waals surface area contributed by atoms with Crippen LogP contribution in [0.2, 0.25) is 0 Å². The van der Waals surface area contributed by atoms with Crippen LogP contribution in [-0.4, -0.2) is 7.11 Å². The molecule has 0 aliphatic rings. The maximum Gasteiger partial charge on any atom is 0.187 e. The number of unbranched alkanes of at least 4 members (excludes halogenated alkanes) is 1. The quantitative estimate of drug-likeness (QED) is 0.699. The van der Waals surface area contributed by atoms with Crippen molar-refractivity contribution in [3.8, 4) is 5.06 Å². The molecule has 86 valence electrons. The molecule has 3 heteroatoms. The first kappa shape index (κ1) is 13.3. The fourth-order valence-electron chi connectivity index (χ4n) is 1.67. The number of ether oxygens (including phenoxy) is 1. The van der Waals surface area contributed by atoms with Gasteiger partial charge in [-0.2, -0.15) is 0 Å². The lowest BCUT2D eigenvalue weighted by atomic mass is 9.82. The van der Waals surface area contributed by atoms with Crippen LogP contribution in [0.4, 0.5) is 0 Å². The number of thiophene rings is 1. The summed E-state index contributed by atoms with van der Waals surface area (Å²) in [7, 11) is 1.75. The topological polar surface area (TPSA) is 9.23 Å². The highest BCUT2D eigenvalue weighted by Gasteiger charge is 2.25. The van der Waals surface area contributed by atoms with E-state index in [1.807, 2.05) is 0 Å². The third-order valence-corrected chi connectivity index (χ3v) is 5.14. The molecule has 1 aromatic heterocycles. The predicted molar refractivity (Wildman–Crippen MR) is 76.1 cm³/mol. The van der Waals surface area contributed by atoms with Crippen LogP contribution in [0.25, 0.3) is 0 Å². The third-order valence-electron chi connectivity index (χ3n) is 2.77. The molecule has 0 atom stereocenters. The van der Waals surface area contributed by atoms with Gasteiger partial charge >= 0.3 is 0 Å². The Morgan fingerprint density at radius 3 is 2.60 bits per heavy atom. The minimum absolute atomic E-state index is 0.278. The van der Waals surface area contributed by atoms with Crippen molar-refractivity contribution in [2.75, 3.05) is 7.11 Å². The van der Waals surface area contributed by atoms with Gasteiger partial charge in [-0.3, -0.25) is 0 Å². The molecule has 0 radical (unpaired) electrons. The van der Waals surface area contributed by atoms with Crippen LogP contribution in [-0.2, 0) is 5.41 Å². The van der Waals surface area contributed by atoms with Crippen molar-refractivity contribution in [3.05, 3.63) is 14.5 Å². The Labute approximate surface area is 110 Å². The molecule has 1 nitrogen and oxygen atoms in total. The summed E-state index contributed by atoms with van der Waals surface area (Å²) in [5.74, 6) is 0. The largest absolute Gasteiger partial charge is 0.486 e. The Bertz CT molecular complexity index is 317. The van der Waals surface area contributed by atoms with Crippen LogP contribution >= 0.6 is 33.9 Å². The first-order valence-corrected chi connectivity index (χ1v) is 7.30. The van der Waals surface area contributed by atoms with Gasteiger partial charge in [0.05, 0.1) is 10.7 Å². The molecular formula is C12H19IOS. The highest BCUT2D eigenvalue weighted by atomic mass is 127. The summed E-state index contributed by atoms with van der Waals surface area (Å²) >= 11 is 4.11. The van der Waals surface area contributed by atoms with Gasteiger partial charge in [0.15, 0.2) is 5.06 Å². The van der Waals surface area contributed by atoms with Gasteiger partial charge in [-0.1, -0.05) is 33.6 Å². The molecule has 0 fully saturated rings. The lowest BCUT2D eigenvalue weighted by Crippen LogP contribution is -2.17. The fourth-order valence-corrected chi connectivity index (χ4v) is 4.34. The molecule has 0 N–H and O–H groups in total. The van der Waals surface area contributed by atoms with Gasteiger partial charge in [-0.05, 0) is 45.4 Å². The van der Waals surface area contributed by atoms with Crippen LogP contribution in [0.3, 0.4) is 0 Å². The molecule has 0 saturated heterocycles. The Morgan fingerprint density at radius 2 is 2.13 bits per heavy atom. The Balaban J connectivity index is 2.88. The summed E-state index contributed by atoms with van der Waals surface area (Å²) in [4.78, 5) is 0. The smallest absolute Gasteiger partial charge is 0.187 e. The molecule has 15 heavy (non-hydrogen) atoms. The molecule has 0 aliphatic heterocycles. The molecule has 1 rings (SSSR count). The van der Waals surface area contributed by atoms with Crippen LogP contribution in [0.15, 0.2) is 5.38 Å². The van der Waals surface area contributed by atoms with Crippen molar-refractivity contribution >= 4 is 33.9 Å². The van der Waals surface area contributed by atoms with Crippen molar-refractivity contribution in [2.45, 2.75) is 45.4 Å². The zero-order valence-corrected chi connectivity index (χ0v) is 12.9. The summed E-state index contributed by atoms with van der Waals surface area (Å²) in [6.07, 6.45) is 3.81. The molecular weight excluding hydrogens is 319 g/mol. The predicted octanol–water partition coefficient (Wildman–Crippen LogP) is 4.83. The summed E-state index contributed by atoms with van der Waals surface area (Å²) < 4.78 is 6.63. The number of halogens is 1. The van der Waals surface area contributed by atoms with Gasteiger partial charge in [0.2, 0.25) is 0 Å². The zero-order valence-electron chi connectivity index (χ0n) is 9.89. The number of hydrogen-bond donors (Lipinski definition) is 0. The summed E-state index contributed by atoms with van der Waals surface area (Å²) in [5, 5.41) is 3.30. The number of rotatable bonds is 5. The lowest BCUT2D eigenvalue weighted by molar-refractivity contribution is 0.418. The first-order valence-electron chi connectivity index (χ1n) is 5.34. The van der Waals surface area contributed by atoms with Gasteiger partial charge in [0.1, 0.15) is 0 Å². The van der Waals surface area contributed by atoms with E-state index in [9.17, 15) is 0 Å². The second-order valence-corrected chi connectivity index (χ2v) is 6.36. The van der Waals surface area contributed by atoms with Crippen molar-refractivity contribution in [3.63, 3.8) is 0 Å². The average molecular weight is 338 g/mol. The highest BCUT2D eigenvalue weighted by Crippen LogP contribution is 2.40. The van der Waals surface area contributed by atoms with E-state index in [0.29, 0.717) is 0 Å². The third kappa shape index (κ3) is 3.09. The molecule has 0 unspecified atom stereocenters. The van der Waals surface area contributed by atoms with Gasteiger partial charge < -0.3 is 4.74 Å². The Morgan fingerprint density at radius 1 is 1.47 bits per heavy atom. The summed E-state index contributed by atoms with van der Waals surface area (Å²) in [6, 6.07) is 0. The summed E-state index contributed by atoms with van der Waals surface area (Å²) in [6.45, 7) is 6.90. The minimum Gasteiger partial charge on any atom is -0.486 e. The first-order chi connectivity index (χ1) is 7.03. The van der Waals surface area contributed by atoms with E-state index in [1.165, 1.54) is 28.4 Å². The van der Waals surface area contributed by atoms with Crippen molar-refractivity contribution < 1.29 is 4.74 Å². The van der Waals surface area contributed by atoms with E-state index in [0.717, 1.165) is 5.06 Å². The molecule has 1 aromatic rings. The maximum absolute atomic E-state index is 5.34. The minimum atomic E-state index is 0.278. The van der Waals surface area contributed by atoms with E-state index in [-0.39, 0.29) is 5.41 Å². The maximum atomic E-state index is 5.34. The van der Waals surface area contributed by atoms with Crippen LogP contribution in [0.5, 0.6) is 5.06 Å². The van der Waals surface area contributed by atoms with Gasteiger partial charge in [0.25, 0.3) is 0 Å². The normalized spacial score (nSPS) is 11.8. The van der Waals surface area contributed by atoms with Crippen LogP contribution < -0.4 is 4.74 Å². The summed E-state index contributed by atoms with van der Waals surface area (Å²) in [5.41, 5.74) is 1.72. The number of methoxy groups -OCH3 is 1. The number of hydrogen-bond acceptors (Lipinski definition) is 2. The molecule has 0 saturated carbocycles. The van der Waals surface area contributed by atoms with E-state index in [1.54, 1.807) is 18.4 Å². The van der Waals surface area contributed by atoms with Crippen molar-refractivity contribution in [2.24, 2.45) is 0 Å². The molecule has 1 heterocycles. The molecule has 0 amide bonds. The second kappa shape index (κ2) is 5.53. The highest BCUT2D eigenvalue weighted by molar-refractivity contribution is 14.1. The van der Waals surface area contributed by atoms with Gasteiger partial charge in [-0.15, -0.1) is 11.3 Å². The van der Waals surface area contributed by atoms with E-state index >= 15 is 0 Å². The monoisotopic (exact) mass is 338 g/mol. The van der Waals surface area contributed by atoms with Crippen LogP contribution in [0, 0.1) is 3.57 Å². The fraction of sp³-hybridized carbons (Fsp3) is 0.667. The van der Waals surface area contributed by atoms with E-state index in [4.69, 9.17) is 4.74 Å². The van der Waals surface area contributed by atoms with Crippen molar-refractivity contribution in [1.82, 2.24) is 0 Å². The Hall–Kier alpha value is 0.230.